The quantitative estimate of drug-likeness (QED) is 0.346. The number of nitrogens with one attached hydrogen (secondary N) is 4. The lowest BCUT2D eigenvalue weighted by molar-refractivity contribution is -0.129. The van der Waals surface area contributed by atoms with Gasteiger partial charge in [-0.25, -0.2) is 14.6 Å². The molecule has 38 heavy (non-hydrogen) atoms. The normalized spacial score (nSPS) is 17.7. The van der Waals surface area contributed by atoms with Crippen LogP contribution in [-0.2, 0) is 11.3 Å². The molecule has 2 bridgehead atoms. The highest BCUT2D eigenvalue weighted by atomic mass is 16.3. The molecular formula is C26H35N9O3. The molecule has 3 aromatic rings. The summed E-state index contributed by atoms with van der Waals surface area (Å²) in [4.78, 5) is 38.3. The van der Waals surface area contributed by atoms with Gasteiger partial charge < -0.3 is 26.4 Å². The van der Waals surface area contributed by atoms with Crippen LogP contribution in [0.25, 0.3) is 5.82 Å². The van der Waals surface area contributed by atoms with Crippen LogP contribution in [0.2, 0.25) is 0 Å². The number of carbonyl (C=O) groups excluding carboxylic acids is 2. The largest absolute Gasteiger partial charge is 0.383 e. The molecule has 2 amide bonds. The number of anilines is 2. The van der Waals surface area contributed by atoms with Crippen LogP contribution in [0.1, 0.15) is 60.9 Å². The lowest BCUT2D eigenvalue weighted by Gasteiger charge is -2.15. The number of nitrogens with zero attached hydrogens (tertiary/aromatic N) is 5. The van der Waals surface area contributed by atoms with Gasteiger partial charge in [-0.05, 0) is 49.8 Å². The van der Waals surface area contributed by atoms with Gasteiger partial charge in [0, 0.05) is 51.0 Å². The minimum atomic E-state index is -1.01. The lowest BCUT2D eigenvalue weighted by Crippen LogP contribution is -2.35. The molecule has 0 aliphatic carbocycles. The second-order valence-corrected chi connectivity index (χ2v) is 9.18. The third kappa shape index (κ3) is 7.97. The summed E-state index contributed by atoms with van der Waals surface area (Å²) in [5.41, 5.74) is 1.18. The van der Waals surface area contributed by atoms with Crippen molar-refractivity contribution >= 4 is 23.6 Å². The van der Waals surface area contributed by atoms with Crippen LogP contribution >= 0.6 is 0 Å². The van der Waals surface area contributed by atoms with Crippen molar-refractivity contribution in [1.82, 2.24) is 35.4 Å². The third-order valence-electron chi connectivity index (χ3n) is 6.22. The molecule has 1 atom stereocenters. The number of pyridine rings is 1. The van der Waals surface area contributed by atoms with E-state index >= 15 is 0 Å². The van der Waals surface area contributed by atoms with Crippen molar-refractivity contribution < 1.29 is 14.7 Å². The maximum absolute atomic E-state index is 13.0. The number of aliphatic hydroxyl groups is 1. The molecule has 0 spiro atoms. The van der Waals surface area contributed by atoms with Gasteiger partial charge in [0.15, 0.2) is 5.82 Å². The minimum absolute atomic E-state index is 0.296. The average Bonchev–Trinajstić information content (AvgIpc) is 3.48. The van der Waals surface area contributed by atoms with E-state index in [4.69, 9.17) is 0 Å². The molecule has 0 saturated carbocycles. The zero-order valence-corrected chi connectivity index (χ0v) is 21.4. The van der Waals surface area contributed by atoms with Crippen molar-refractivity contribution in [2.75, 3.05) is 30.3 Å². The van der Waals surface area contributed by atoms with E-state index < -0.39 is 6.10 Å². The summed E-state index contributed by atoms with van der Waals surface area (Å²) in [5, 5.41) is 26.4. The number of carbonyl (C=O) groups is 2. The fourth-order valence-corrected chi connectivity index (χ4v) is 4.04. The predicted octanol–water partition coefficient (Wildman–Crippen LogP) is 2.03. The van der Waals surface area contributed by atoms with E-state index in [1.54, 1.807) is 17.1 Å². The van der Waals surface area contributed by atoms with Crippen molar-refractivity contribution in [2.24, 2.45) is 0 Å². The first-order valence-electron chi connectivity index (χ1n) is 13.1. The standard InChI is InChI=1S/C26H35N9O3/c36-21-8-3-6-11-27-23-20(18-32-26(34-23)29-13-5-2-1-4-12-28-25(21)38)24(37)31-17-19-9-10-22(30-16-19)35-15-7-14-33-35/h7,9-10,14-16,18,21,36H,1-6,8,11-13,17H2,(H,28,38)(H,31,37)(H2,27,29,32,34). The fourth-order valence-electron chi connectivity index (χ4n) is 4.04. The molecule has 12 nitrogen and oxygen atoms in total. The summed E-state index contributed by atoms with van der Waals surface area (Å²) < 4.78 is 1.66. The van der Waals surface area contributed by atoms with Gasteiger partial charge in [0.2, 0.25) is 11.9 Å². The second-order valence-electron chi connectivity index (χ2n) is 9.18. The van der Waals surface area contributed by atoms with Crippen molar-refractivity contribution in [3.05, 3.63) is 54.1 Å². The molecule has 1 aliphatic rings. The summed E-state index contributed by atoms with van der Waals surface area (Å²) in [6.45, 7) is 2.11. The smallest absolute Gasteiger partial charge is 0.256 e. The Hall–Kier alpha value is -4.06. The summed E-state index contributed by atoms with van der Waals surface area (Å²) in [6.07, 6.45) is 11.2. The van der Waals surface area contributed by atoms with E-state index in [1.165, 1.54) is 6.20 Å². The molecule has 4 heterocycles. The first-order chi connectivity index (χ1) is 18.6. The van der Waals surface area contributed by atoms with Crippen molar-refractivity contribution in [1.29, 1.82) is 0 Å². The maximum atomic E-state index is 13.0. The van der Waals surface area contributed by atoms with Crippen molar-refractivity contribution in [3.63, 3.8) is 0 Å². The van der Waals surface area contributed by atoms with E-state index in [0.29, 0.717) is 68.6 Å². The minimum Gasteiger partial charge on any atom is -0.383 e. The van der Waals surface area contributed by atoms with Crippen LogP contribution in [-0.4, -0.2) is 67.4 Å². The summed E-state index contributed by atoms with van der Waals surface area (Å²) in [5.74, 6) is 0.979. The summed E-state index contributed by atoms with van der Waals surface area (Å²) in [6, 6.07) is 5.56. The topological polar surface area (TPSA) is 159 Å². The maximum Gasteiger partial charge on any atom is 0.256 e. The lowest BCUT2D eigenvalue weighted by atomic mass is 10.1. The Morgan fingerprint density at radius 1 is 1.00 bits per heavy atom. The molecule has 4 rings (SSSR count). The number of rotatable bonds is 4. The molecule has 1 unspecified atom stereocenters. The van der Waals surface area contributed by atoms with Crippen LogP contribution < -0.4 is 21.3 Å². The molecule has 5 N–H and O–H groups in total. The molecule has 0 saturated heterocycles. The first kappa shape index (κ1) is 27.0. The monoisotopic (exact) mass is 521 g/mol. The number of hydrogen-bond donors (Lipinski definition) is 5. The van der Waals surface area contributed by atoms with E-state index in [2.05, 4.69) is 41.3 Å². The highest BCUT2D eigenvalue weighted by molar-refractivity contribution is 5.98. The fraction of sp³-hybridized carbons (Fsp3) is 0.462. The highest BCUT2D eigenvalue weighted by Crippen LogP contribution is 2.16. The van der Waals surface area contributed by atoms with Gasteiger partial charge in [-0.15, -0.1) is 0 Å². The first-order valence-corrected chi connectivity index (χ1v) is 13.1. The van der Waals surface area contributed by atoms with Gasteiger partial charge in [-0.2, -0.15) is 10.1 Å². The Bertz CT molecular complexity index is 1170. The van der Waals surface area contributed by atoms with Crippen molar-refractivity contribution in [2.45, 2.75) is 57.6 Å². The van der Waals surface area contributed by atoms with Crippen LogP contribution in [0.3, 0.4) is 0 Å². The molecule has 0 fully saturated rings. The van der Waals surface area contributed by atoms with E-state index in [9.17, 15) is 14.7 Å². The van der Waals surface area contributed by atoms with Gasteiger partial charge in [0.05, 0.1) is 0 Å². The van der Waals surface area contributed by atoms with E-state index in [1.807, 2.05) is 24.4 Å². The molecule has 12 heteroatoms. The molecule has 0 radical (unpaired) electrons. The summed E-state index contributed by atoms with van der Waals surface area (Å²) >= 11 is 0. The number of amides is 2. The van der Waals surface area contributed by atoms with Gasteiger partial charge in [-0.3, -0.25) is 9.59 Å². The van der Waals surface area contributed by atoms with Gasteiger partial charge in [0.25, 0.3) is 5.91 Å². The van der Waals surface area contributed by atoms with Crippen molar-refractivity contribution in [3.8, 4) is 5.82 Å². The number of hydrogen-bond acceptors (Lipinski definition) is 9. The van der Waals surface area contributed by atoms with Gasteiger partial charge in [-0.1, -0.05) is 18.9 Å². The van der Waals surface area contributed by atoms with Crippen LogP contribution in [0.4, 0.5) is 11.8 Å². The third-order valence-corrected chi connectivity index (χ3v) is 6.22. The average molecular weight is 522 g/mol. The number of aromatic nitrogens is 5. The predicted molar refractivity (Wildman–Crippen MR) is 143 cm³/mol. The van der Waals surface area contributed by atoms with E-state index in [0.717, 1.165) is 31.2 Å². The molecule has 0 aromatic carbocycles. The summed E-state index contributed by atoms with van der Waals surface area (Å²) in [7, 11) is 0. The Morgan fingerprint density at radius 3 is 2.55 bits per heavy atom. The molecule has 202 valence electrons. The Labute approximate surface area is 221 Å². The SMILES string of the molecule is O=C(NCc1ccc(-n2cccn2)nc1)c1cnc2nc1NCCCCC(O)C(=O)NCCCCCCN2. The molecular weight excluding hydrogens is 486 g/mol. The van der Waals surface area contributed by atoms with Gasteiger partial charge >= 0.3 is 0 Å². The molecule has 1 aliphatic heterocycles. The van der Waals surface area contributed by atoms with Crippen LogP contribution in [0, 0.1) is 0 Å². The number of fused-ring (bicyclic) bond motifs is 2. The highest BCUT2D eigenvalue weighted by Gasteiger charge is 2.16. The second kappa shape index (κ2) is 14.0. The Morgan fingerprint density at radius 2 is 1.79 bits per heavy atom. The Kier molecular flexibility index (Phi) is 9.96. The Balaban J connectivity index is 1.38. The van der Waals surface area contributed by atoms with Crippen LogP contribution in [0.5, 0.6) is 0 Å². The zero-order valence-electron chi connectivity index (χ0n) is 21.4. The molecule has 3 aromatic heterocycles. The zero-order chi connectivity index (χ0) is 26.6. The van der Waals surface area contributed by atoms with E-state index in [-0.39, 0.29) is 11.8 Å². The van der Waals surface area contributed by atoms with Gasteiger partial charge in [0.1, 0.15) is 17.5 Å². The van der Waals surface area contributed by atoms with Crippen LogP contribution in [0.15, 0.2) is 43.0 Å². The number of aliphatic hydroxyl groups excluding tert-OH is 1.